The van der Waals surface area contributed by atoms with Gasteiger partial charge in [-0.2, -0.15) is 0 Å². The Morgan fingerprint density at radius 2 is 2.00 bits per heavy atom. The normalized spacial score (nSPS) is 15.8. The second kappa shape index (κ2) is 8.04. The van der Waals surface area contributed by atoms with Gasteiger partial charge in [0.05, 0.1) is 16.8 Å². The molecule has 1 heterocycles. The van der Waals surface area contributed by atoms with Gasteiger partial charge in [-0.3, -0.25) is 14.9 Å². The molecule has 28 heavy (non-hydrogen) atoms. The molecule has 4 amide bonds. The van der Waals surface area contributed by atoms with Crippen LogP contribution in [-0.2, 0) is 9.59 Å². The van der Waals surface area contributed by atoms with Crippen LogP contribution < -0.4 is 15.0 Å². The van der Waals surface area contributed by atoms with Gasteiger partial charge in [0.2, 0.25) is 0 Å². The number of hydrogen-bond donors (Lipinski definition) is 2. The van der Waals surface area contributed by atoms with Crippen LogP contribution in [0.1, 0.15) is 12.5 Å². The highest BCUT2D eigenvalue weighted by Gasteiger charge is 2.36. The Hall–Kier alpha value is -2.84. The van der Waals surface area contributed by atoms with Crippen molar-refractivity contribution in [2.75, 3.05) is 11.5 Å². The van der Waals surface area contributed by atoms with E-state index in [9.17, 15) is 19.5 Å². The Labute approximate surface area is 173 Å². The molecule has 7 nitrogen and oxygen atoms in total. The third-order valence-electron chi connectivity index (χ3n) is 3.83. The maximum atomic E-state index is 12.9. The molecular formula is C19H14BrClN2O5. The van der Waals surface area contributed by atoms with Gasteiger partial charge in [0, 0.05) is 5.02 Å². The van der Waals surface area contributed by atoms with Gasteiger partial charge in [0.15, 0.2) is 11.5 Å². The van der Waals surface area contributed by atoms with Crippen molar-refractivity contribution >= 4 is 57.1 Å². The predicted molar refractivity (Wildman–Crippen MR) is 107 cm³/mol. The van der Waals surface area contributed by atoms with Gasteiger partial charge in [-0.05, 0) is 64.8 Å². The molecule has 0 aliphatic carbocycles. The molecular weight excluding hydrogens is 452 g/mol. The lowest BCUT2D eigenvalue weighted by atomic mass is 10.1. The molecule has 1 fully saturated rings. The van der Waals surface area contributed by atoms with Crippen molar-refractivity contribution in [1.82, 2.24) is 5.32 Å². The number of nitrogens with one attached hydrogen (secondary N) is 1. The highest BCUT2D eigenvalue weighted by Crippen LogP contribution is 2.36. The third kappa shape index (κ3) is 3.88. The van der Waals surface area contributed by atoms with E-state index < -0.39 is 17.8 Å². The molecule has 1 saturated heterocycles. The Bertz CT molecular complexity index is 1020. The third-order valence-corrected chi connectivity index (χ3v) is 4.67. The fourth-order valence-corrected chi connectivity index (χ4v) is 3.26. The zero-order valence-corrected chi connectivity index (χ0v) is 16.9. The number of carbonyl (C=O) groups excluding carboxylic acids is 3. The number of carbonyl (C=O) groups is 3. The summed E-state index contributed by atoms with van der Waals surface area (Å²) >= 11 is 9.14. The number of nitrogens with zero attached hydrogens (tertiary/aromatic N) is 1. The Kier molecular flexibility index (Phi) is 5.71. The first kappa shape index (κ1) is 19.9. The molecule has 0 atom stereocenters. The van der Waals surface area contributed by atoms with Gasteiger partial charge < -0.3 is 9.84 Å². The maximum Gasteiger partial charge on any atom is 0.335 e. The molecule has 1 aliphatic heterocycles. The van der Waals surface area contributed by atoms with Crippen LogP contribution in [0.15, 0.2) is 46.4 Å². The number of phenolic OH excluding ortho intramolecular Hbond substituents is 1. The summed E-state index contributed by atoms with van der Waals surface area (Å²) in [5, 5.41) is 12.5. The highest BCUT2D eigenvalue weighted by atomic mass is 79.9. The van der Waals surface area contributed by atoms with Crippen LogP contribution >= 0.6 is 27.5 Å². The summed E-state index contributed by atoms with van der Waals surface area (Å²) in [6.07, 6.45) is 1.31. The average Bonchev–Trinajstić information content (AvgIpc) is 2.63. The second-order valence-electron chi connectivity index (χ2n) is 5.72. The van der Waals surface area contributed by atoms with Crippen molar-refractivity contribution < 1.29 is 24.2 Å². The van der Waals surface area contributed by atoms with Crippen molar-refractivity contribution in [2.24, 2.45) is 0 Å². The van der Waals surface area contributed by atoms with Crippen LogP contribution in [0.5, 0.6) is 11.5 Å². The quantitative estimate of drug-likeness (QED) is 0.528. The van der Waals surface area contributed by atoms with Crippen molar-refractivity contribution in [3.63, 3.8) is 0 Å². The molecule has 0 unspecified atom stereocenters. The number of anilines is 1. The van der Waals surface area contributed by atoms with E-state index in [2.05, 4.69) is 21.2 Å². The number of imide groups is 2. The lowest BCUT2D eigenvalue weighted by Gasteiger charge is -2.26. The van der Waals surface area contributed by atoms with Gasteiger partial charge in [0.25, 0.3) is 11.8 Å². The van der Waals surface area contributed by atoms with Crippen LogP contribution in [0, 0.1) is 0 Å². The molecule has 0 radical (unpaired) electrons. The van der Waals surface area contributed by atoms with Gasteiger partial charge in [0.1, 0.15) is 5.57 Å². The first-order chi connectivity index (χ1) is 13.3. The standard InChI is InChI=1S/C19H14BrClN2O5/c1-2-28-15-8-10(7-14(20)16(15)24)6-13-17(25)22-19(27)23(18(13)26)12-5-3-4-11(21)9-12/h3-9,24H,2H2,1H3,(H,22,25,27)/b13-6-. The Morgan fingerprint density at radius 1 is 1.25 bits per heavy atom. The van der Waals surface area contributed by atoms with Gasteiger partial charge in [-0.15, -0.1) is 0 Å². The molecule has 144 valence electrons. The first-order valence-corrected chi connectivity index (χ1v) is 9.31. The molecule has 0 saturated carbocycles. The number of benzene rings is 2. The minimum absolute atomic E-state index is 0.0980. The summed E-state index contributed by atoms with van der Waals surface area (Å²) < 4.78 is 5.68. The monoisotopic (exact) mass is 464 g/mol. The van der Waals surface area contributed by atoms with Gasteiger partial charge >= 0.3 is 6.03 Å². The number of barbiturate groups is 1. The fourth-order valence-electron chi connectivity index (χ4n) is 2.62. The summed E-state index contributed by atoms with van der Waals surface area (Å²) in [4.78, 5) is 38.2. The van der Waals surface area contributed by atoms with Crippen LogP contribution in [0.3, 0.4) is 0 Å². The number of aromatic hydroxyl groups is 1. The topological polar surface area (TPSA) is 95.9 Å². The van der Waals surface area contributed by atoms with Gasteiger partial charge in [-0.25, -0.2) is 9.69 Å². The zero-order valence-electron chi connectivity index (χ0n) is 14.5. The zero-order chi connectivity index (χ0) is 20.4. The average molecular weight is 466 g/mol. The van der Waals surface area contributed by atoms with Crippen molar-refractivity contribution in [3.8, 4) is 11.5 Å². The van der Waals surface area contributed by atoms with E-state index in [1.165, 1.54) is 30.3 Å². The molecule has 2 N–H and O–H groups in total. The van der Waals surface area contributed by atoms with Crippen molar-refractivity contribution in [3.05, 3.63) is 57.0 Å². The summed E-state index contributed by atoms with van der Waals surface area (Å²) in [5.74, 6) is -1.53. The highest BCUT2D eigenvalue weighted by molar-refractivity contribution is 9.10. The number of amides is 4. The maximum absolute atomic E-state index is 12.9. The van der Waals surface area contributed by atoms with E-state index >= 15 is 0 Å². The summed E-state index contributed by atoms with van der Waals surface area (Å²) in [7, 11) is 0. The number of urea groups is 1. The van der Waals surface area contributed by atoms with Crippen molar-refractivity contribution in [1.29, 1.82) is 0 Å². The molecule has 3 rings (SSSR count). The molecule has 9 heteroatoms. The molecule has 2 aromatic carbocycles. The molecule has 0 aromatic heterocycles. The lowest BCUT2D eigenvalue weighted by Crippen LogP contribution is -2.54. The van der Waals surface area contributed by atoms with E-state index in [1.54, 1.807) is 19.1 Å². The first-order valence-electron chi connectivity index (χ1n) is 8.14. The lowest BCUT2D eigenvalue weighted by molar-refractivity contribution is -0.122. The Balaban J connectivity index is 2.04. The number of rotatable bonds is 4. The van der Waals surface area contributed by atoms with E-state index in [-0.39, 0.29) is 22.8 Å². The van der Waals surface area contributed by atoms with Crippen LogP contribution in [-0.4, -0.2) is 29.6 Å². The van der Waals surface area contributed by atoms with Crippen LogP contribution in [0.4, 0.5) is 10.5 Å². The van der Waals surface area contributed by atoms with Crippen LogP contribution in [0.25, 0.3) is 6.08 Å². The van der Waals surface area contributed by atoms with E-state index in [0.717, 1.165) is 4.90 Å². The molecule has 1 aliphatic rings. The SMILES string of the molecule is CCOc1cc(/C=C2/C(=O)NC(=O)N(c3cccc(Cl)c3)C2=O)cc(Br)c1O. The summed E-state index contributed by atoms with van der Waals surface area (Å²) in [6, 6.07) is 8.29. The van der Waals surface area contributed by atoms with E-state index in [1.807, 2.05) is 0 Å². The minimum Gasteiger partial charge on any atom is -0.503 e. The number of ether oxygens (including phenoxy) is 1. The minimum atomic E-state index is -0.865. The van der Waals surface area contributed by atoms with E-state index in [0.29, 0.717) is 21.7 Å². The second-order valence-corrected chi connectivity index (χ2v) is 7.01. The molecule has 2 aromatic rings. The summed E-state index contributed by atoms with van der Waals surface area (Å²) in [6.45, 7) is 2.07. The predicted octanol–water partition coefficient (Wildman–Crippen LogP) is 3.87. The number of hydrogen-bond acceptors (Lipinski definition) is 5. The van der Waals surface area contributed by atoms with Crippen molar-refractivity contribution in [2.45, 2.75) is 6.92 Å². The largest absolute Gasteiger partial charge is 0.503 e. The number of halogens is 2. The summed E-state index contributed by atoms with van der Waals surface area (Å²) in [5.41, 5.74) is 0.405. The molecule has 0 bridgehead atoms. The van der Waals surface area contributed by atoms with E-state index in [4.69, 9.17) is 16.3 Å². The molecule has 0 spiro atoms. The smallest absolute Gasteiger partial charge is 0.335 e. The fraction of sp³-hybridized carbons (Fsp3) is 0.105. The Morgan fingerprint density at radius 3 is 2.68 bits per heavy atom. The number of phenols is 1. The van der Waals surface area contributed by atoms with Crippen LogP contribution in [0.2, 0.25) is 5.02 Å². The van der Waals surface area contributed by atoms with Gasteiger partial charge in [-0.1, -0.05) is 17.7 Å².